The first-order valence-corrected chi connectivity index (χ1v) is 5.25. The Balaban J connectivity index is 2.11. The van der Waals surface area contributed by atoms with Crippen LogP contribution < -0.4 is 0 Å². The van der Waals surface area contributed by atoms with Crippen LogP contribution in [0, 0.1) is 5.82 Å². The van der Waals surface area contributed by atoms with E-state index in [1.54, 1.807) is 0 Å². The molecule has 0 aliphatic rings. The standard InChI is InChI=1S/C13H10FNO3/c14-11-3-1-9(2-4-11)7-12(16)15-6-5-10(8-15)13(17)18/h1-6,8H,7H2,(H,17,18). The Morgan fingerprint density at radius 3 is 2.39 bits per heavy atom. The van der Waals surface area contributed by atoms with Gasteiger partial charge >= 0.3 is 5.97 Å². The molecule has 18 heavy (non-hydrogen) atoms. The molecule has 0 unspecified atom stereocenters. The minimum absolute atomic E-state index is 0.0578. The second kappa shape index (κ2) is 4.83. The van der Waals surface area contributed by atoms with Crippen molar-refractivity contribution < 1.29 is 19.1 Å². The van der Waals surface area contributed by atoms with E-state index in [1.807, 2.05) is 0 Å². The zero-order valence-corrected chi connectivity index (χ0v) is 9.34. The molecule has 0 fully saturated rings. The quantitative estimate of drug-likeness (QED) is 0.904. The van der Waals surface area contributed by atoms with E-state index >= 15 is 0 Å². The van der Waals surface area contributed by atoms with Crippen molar-refractivity contribution in [3.8, 4) is 0 Å². The first-order valence-electron chi connectivity index (χ1n) is 5.25. The topological polar surface area (TPSA) is 59.3 Å². The summed E-state index contributed by atoms with van der Waals surface area (Å²) in [6.07, 6.45) is 2.75. The molecule has 0 bridgehead atoms. The van der Waals surface area contributed by atoms with Crippen molar-refractivity contribution in [1.29, 1.82) is 0 Å². The molecule has 4 nitrogen and oxygen atoms in total. The molecule has 2 aromatic rings. The number of benzene rings is 1. The van der Waals surface area contributed by atoms with E-state index in [-0.39, 0.29) is 23.7 Å². The maximum Gasteiger partial charge on any atom is 0.337 e. The van der Waals surface area contributed by atoms with Gasteiger partial charge in [0.1, 0.15) is 5.82 Å². The van der Waals surface area contributed by atoms with Crippen molar-refractivity contribution >= 4 is 11.9 Å². The van der Waals surface area contributed by atoms with Crippen LogP contribution in [-0.2, 0) is 6.42 Å². The van der Waals surface area contributed by atoms with Gasteiger partial charge in [-0.3, -0.25) is 9.36 Å². The highest BCUT2D eigenvalue weighted by Gasteiger charge is 2.10. The van der Waals surface area contributed by atoms with Crippen LogP contribution in [0.5, 0.6) is 0 Å². The molecule has 2 rings (SSSR count). The van der Waals surface area contributed by atoms with E-state index in [9.17, 15) is 14.0 Å². The molecule has 0 saturated heterocycles. The molecule has 92 valence electrons. The van der Waals surface area contributed by atoms with Gasteiger partial charge in [0.15, 0.2) is 0 Å². The number of nitrogens with zero attached hydrogens (tertiary/aromatic N) is 1. The highest BCUT2D eigenvalue weighted by Crippen LogP contribution is 2.07. The number of carboxylic acids is 1. The van der Waals surface area contributed by atoms with Crippen LogP contribution in [0.3, 0.4) is 0 Å². The van der Waals surface area contributed by atoms with E-state index in [1.165, 1.54) is 47.3 Å². The maximum absolute atomic E-state index is 12.7. The van der Waals surface area contributed by atoms with Gasteiger partial charge in [-0.15, -0.1) is 0 Å². The van der Waals surface area contributed by atoms with Gasteiger partial charge in [0.25, 0.3) is 0 Å². The molecule has 0 amide bonds. The SMILES string of the molecule is O=C(O)c1ccn(C(=O)Cc2ccc(F)cc2)c1. The summed E-state index contributed by atoms with van der Waals surface area (Å²) in [5.41, 5.74) is 0.731. The third-order valence-corrected chi connectivity index (χ3v) is 2.50. The smallest absolute Gasteiger partial charge is 0.337 e. The Labute approximate surface area is 102 Å². The predicted octanol–water partition coefficient (Wildman–Crippen LogP) is 2.21. The van der Waals surface area contributed by atoms with Gasteiger partial charge in [-0.05, 0) is 23.8 Å². The minimum atomic E-state index is -1.08. The van der Waals surface area contributed by atoms with Crippen molar-refractivity contribution in [2.24, 2.45) is 0 Å². The Hall–Kier alpha value is -2.43. The maximum atomic E-state index is 12.7. The van der Waals surface area contributed by atoms with Crippen molar-refractivity contribution in [3.05, 3.63) is 59.7 Å². The normalized spacial score (nSPS) is 10.3. The molecule has 0 aliphatic carbocycles. The number of carbonyl (C=O) groups is 2. The Bertz CT molecular complexity index is 587. The second-order valence-electron chi connectivity index (χ2n) is 3.81. The molecule has 1 aromatic heterocycles. The van der Waals surface area contributed by atoms with Crippen LogP contribution in [0.2, 0.25) is 0 Å². The fourth-order valence-electron chi connectivity index (χ4n) is 1.55. The third kappa shape index (κ3) is 2.63. The zero-order valence-electron chi connectivity index (χ0n) is 9.34. The van der Waals surface area contributed by atoms with Gasteiger partial charge in [0.2, 0.25) is 5.91 Å². The van der Waals surface area contributed by atoms with Crippen molar-refractivity contribution in [2.75, 3.05) is 0 Å². The summed E-state index contributed by atoms with van der Waals surface area (Å²) in [4.78, 5) is 22.5. The molecular weight excluding hydrogens is 237 g/mol. The van der Waals surface area contributed by atoms with E-state index in [4.69, 9.17) is 5.11 Å². The van der Waals surface area contributed by atoms with Gasteiger partial charge in [0.05, 0.1) is 12.0 Å². The molecule has 1 heterocycles. The lowest BCUT2D eigenvalue weighted by molar-refractivity contribution is 0.0697. The molecule has 0 spiro atoms. The fraction of sp³-hybridized carbons (Fsp3) is 0.0769. The van der Waals surface area contributed by atoms with Gasteiger partial charge in [-0.25, -0.2) is 9.18 Å². The molecule has 0 aliphatic heterocycles. The van der Waals surface area contributed by atoms with Gasteiger partial charge in [0, 0.05) is 12.4 Å². The third-order valence-electron chi connectivity index (χ3n) is 2.50. The van der Waals surface area contributed by atoms with Crippen molar-refractivity contribution in [2.45, 2.75) is 6.42 Å². The monoisotopic (exact) mass is 247 g/mol. The summed E-state index contributed by atoms with van der Waals surface area (Å²) in [5.74, 6) is -1.71. The Morgan fingerprint density at radius 1 is 1.17 bits per heavy atom. The van der Waals surface area contributed by atoms with Gasteiger partial charge < -0.3 is 5.11 Å². The fourth-order valence-corrected chi connectivity index (χ4v) is 1.55. The summed E-state index contributed by atoms with van der Waals surface area (Å²) in [6, 6.07) is 6.95. The molecule has 1 aromatic carbocycles. The van der Waals surface area contributed by atoms with Crippen molar-refractivity contribution in [3.63, 3.8) is 0 Å². The minimum Gasteiger partial charge on any atom is -0.478 e. The van der Waals surface area contributed by atoms with Crippen LogP contribution in [-0.4, -0.2) is 21.6 Å². The number of aromatic nitrogens is 1. The average Bonchev–Trinajstić information content (AvgIpc) is 2.81. The number of rotatable bonds is 3. The lowest BCUT2D eigenvalue weighted by Gasteiger charge is -2.02. The lowest BCUT2D eigenvalue weighted by Crippen LogP contribution is -2.11. The molecule has 0 radical (unpaired) electrons. The predicted molar refractivity (Wildman–Crippen MR) is 62.1 cm³/mol. The average molecular weight is 247 g/mol. The molecule has 1 N–H and O–H groups in total. The highest BCUT2D eigenvalue weighted by molar-refractivity contribution is 5.89. The van der Waals surface area contributed by atoms with E-state index in [2.05, 4.69) is 0 Å². The number of aromatic carboxylic acids is 1. The highest BCUT2D eigenvalue weighted by atomic mass is 19.1. The lowest BCUT2D eigenvalue weighted by atomic mass is 10.1. The summed E-state index contributed by atoms with van der Waals surface area (Å²) < 4.78 is 13.9. The molecular formula is C13H10FNO3. The number of hydrogen-bond donors (Lipinski definition) is 1. The summed E-state index contributed by atoms with van der Waals surface area (Å²) in [5, 5.41) is 8.73. The summed E-state index contributed by atoms with van der Waals surface area (Å²) >= 11 is 0. The first-order chi connectivity index (χ1) is 8.56. The molecule has 0 saturated carbocycles. The van der Waals surface area contributed by atoms with Crippen LogP contribution in [0.15, 0.2) is 42.7 Å². The van der Waals surface area contributed by atoms with Crippen LogP contribution in [0.1, 0.15) is 20.7 Å². The van der Waals surface area contributed by atoms with E-state index in [0.717, 1.165) is 0 Å². The van der Waals surface area contributed by atoms with Gasteiger partial charge in [-0.2, -0.15) is 0 Å². The van der Waals surface area contributed by atoms with Gasteiger partial charge in [-0.1, -0.05) is 12.1 Å². The first kappa shape index (κ1) is 12.0. The van der Waals surface area contributed by atoms with Crippen LogP contribution >= 0.6 is 0 Å². The van der Waals surface area contributed by atoms with Crippen LogP contribution in [0.25, 0.3) is 0 Å². The number of carbonyl (C=O) groups excluding carboxylic acids is 1. The van der Waals surface area contributed by atoms with E-state index in [0.29, 0.717) is 5.56 Å². The molecule has 0 atom stereocenters. The second-order valence-corrected chi connectivity index (χ2v) is 3.81. The van der Waals surface area contributed by atoms with E-state index < -0.39 is 5.97 Å². The number of halogens is 1. The Kier molecular flexibility index (Phi) is 3.23. The van der Waals surface area contributed by atoms with Crippen molar-refractivity contribution in [1.82, 2.24) is 4.57 Å². The number of hydrogen-bond acceptors (Lipinski definition) is 2. The zero-order chi connectivity index (χ0) is 13.1. The summed E-state index contributed by atoms with van der Waals surface area (Å²) in [6.45, 7) is 0. The van der Waals surface area contributed by atoms with Crippen LogP contribution in [0.4, 0.5) is 4.39 Å². The molecule has 5 heteroatoms. The Morgan fingerprint density at radius 2 is 1.83 bits per heavy atom. The number of carboxylic acid groups (broad SMARTS) is 1. The summed E-state index contributed by atoms with van der Waals surface area (Å²) in [7, 11) is 0. The largest absolute Gasteiger partial charge is 0.478 e.